The average Bonchev–Trinajstić information content (AvgIpc) is 2.90. The van der Waals surface area contributed by atoms with E-state index in [1.165, 1.54) is 12.1 Å². The fraction of sp³-hybridized carbons (Fsp3) is 0.0435. The van der Waals surface area contributed by atoms with Crippen molar-refractivity contribution in [1.82, 2.24) is 0 Å². The molecule has 0 aliphatic rings. The van der Waals surface area contributed by atoms with Crippen LogP contribution in [0.25, 0.3) is 0 Å². The summed E-state index contributed by atoms with van der Waals surface area (Å²) in [7, 11) is 0. The lowest BCUT2D eigenvalue weighted by atomic mass is 9.83. The molecule has 35 heavy (non-hydrogen) atoms. The first-order chi connectivity index (χ1) is 16.9. The summed E-state index contributed by atoms with van der Waals surface area (Å²) >= 11 is 0. The van der Waals surface area contributed by atoms with Crippen molar-refractivity contribution in [2.24, 2.45) is 0 Å². The van der Waals surface area contributed by atoms with Gasteiger partial charge in [-0.2, -0.15) is 52.6 Å². The van der Waals surface area contributed by atoms with Gasteiger partial charge in [0.25, 0.3) is 6.26 Å². The molecule has 0 unspecified atom stereocenters. The first-order valence-electron chi connectivity index (χ1n) is 8.71. The smallest absolute Gasteiger partial charge is 0.320 e. The minimum atomic E-state index is -2.89. The molecule has 0 aliphatic heterocycles. The van der Waals surface area contributed by atoms with Crippen LogP contribution in [0, 0.1) is 113 Å². The van der Waals surface area contributed by atoms with Crippen LogP contribution in [0.15, 0.2) is 12.1 Å². The predicted octanol–water partition coefficient (Wildman–Crippen LogP) is 2.32. The molecule has 0 heterocycles. The molecular formula is C23H2N10O2. The minimum absolute atomic E-state index is 0.175. The van der Waals surface area contributed by atoms with Gasteiger partial charge >= 0.3 is 5.60 Å². The van der Waals surface area contributed by atoms with E-state index in [4.69, 9.17) is 15.3 Å². The summed E-state index contributed by atoms with van der Waals surface area (Å²) in [4.78, 5) is 0. The Morgan fingerprint density at radius 1 is 0.543 bits per heavy atom. The third-order valence-electron chi connectivity index (χ3n) is 4.49. The molecule has 0 atom stereocenters. The largest absolute Gasteiger partial charge is 0.453 e. The van der Waals surface area contributed by atoms with Gasteiger partial charge < -0.3 is 9.47 Å². The molecule has 2 aromatic rings. The number of nitriles is 10. The van der Waals surface area contributed by atoms with Crippen LogP contribution in [-0.2, 0) is 10.3 Å². The molecule has 0 bridgehead atoms. The highest BCUT2D eigenvalue weighted by molar-refractivity contribution is 5.74. The Balaban J connectivity index is 3.18. The van der Waals surface area contributed by atoms with Crippen molar-refractivity contribution >= 4 is 0 Å². The van der Waals surface area contributed by atoms with Gasteiger partial charge in [0.05, 0.1) is 27.8 Å². The first-order valence-corrected chi connectivity index (χ1v) is 8.71. The lowest BCUT2D eigenvalue weighted by molar-refractivity contribution is 0.145. The molecule has 2 rings (SSSR count). The van der Waals surface area contributed by atoms with Crippen LogP contribution < -0.4 is 4.74 Å². The van der Waals surface area contributed by atoms with Gasteiger partial charge in [0, 0.05) is 0 Å². The van der Waals surface area contributed by atoms with Gasteiger partial charge in [-0.05, 0) is 12.1 Å². The number of rotatable bonds is 4. The monoisotopic (exact) mass is 450 g/mol. The molecular weight excluding hydrogens is 448 g/mol. The molecule has 0 radical (unpaired) electrons. The Kier molecular flexibility index (Phi) is 6.80. The van der Waals surface area contributed by atoms with Crippen LogP contribution in [0.1, 0.15) is 44.5 Å². The lowest BCUT2D eigenvalue weighted by Gasteiger charge is -2.22. The van der Waals surface area contributed by atoms with Crippen molar-refractivity contribution in [3.63, 3.8) is 0 Å². The third kappa shape index (κ3) is 3.63. The van der Waals surface area contributed by atoms with E-state index < -0.39 is 50.5 Å². The van der Waals surface area contributed by atoms with Crippen LogP contribution in [0.3, 0.4) is 0 Å². The fourth-order valence-electron chi connectivity index (χ4n) is 3.02. The van der Waals surface area contributed by atoms with Gasteiger partial charge in [0.2, 0.25) is 0 Å². The highest BCUT2D eigenvalue weighted by atomic mass is 16.5. The van der Waals surface area contributed by atoms with E-state index in [-0.39, 0.29) is 11.1 Å². The Morgan fingerprint density at radius 2 is 1.09 bits per heavy atom. The topological polar surface area (TPSA) is 256 Å². The molecule has 12 nitrogen and oxygen atoms in total. The number of hydrogen-bond donors (Lipinski definition) is 0. The van der Waals surface area contributed by atoms with Gasteiger partial charge in [0.15, 0.2) is 5.75 Å². The normalized spacial score (nSPS) is 8.86. The summed E-state index contributed by atoms with van der Waals surface area (Å²) in [5.74, 6) is -1.17. The highest BCUT2D eigenvalue weighted by Crippen LogP contribution is 2.42. The maximum Gasteiger partial charge on any atom is 0.320 e. The zero-order valence-electron chi connectivity index (χ0n) is 16.9. The van der Waals surface area contributed by atoms with Crippen LogP contribution in [0.2, 0.25) is 0 Å². The van der Waals surface area contributed by atoms with Crippen LogP contribution in [-0.4, -0.2) is 0 Å². The standard InChI is InChI=1S/C23H2N10O2/c24-3-13-1-2-20(16(6-27)14(13)4-25)35-22-18(8-29)15(5-26)17(7-28)21(19(22)9-30)23(10-31,11-32)34-12-33/h1-2H. The Labute approximate surface area is 197 Å². The number of benzene rings is 2. The second-order valence-corrected chi connectivity index (χ2v) is 6.05. The molecule has 0 saturated carbocycles. The van der Waals surface area contributed by atoms with E-state index in [0.29, 0.717) is 0 Å². The van der Waals surface area contributed by atoms with Crippen LogP contribution >= 0.6 is 0 Å². The molecule has 0 fully saturated rings. The molecule has 0 N–H and O–H groups in total. The van der Waals surface area contributed by atoms with E-state index >= 15 is 0 Å². The quantitative estimate of drug-likeness (QED) is 0.607. The summed E-state index contributed by atoms with van der Waals surface area (Å²) in [6.45, 7) is 0. The summed E-state index contributed by atoms with van der Waals surface area (Å²) < 4.78 is 10.2. The predicted molar refractivity (Wildman–Crippen MR) is 106 cm³/mol. The van der Waals surface area contributed by atoms with E-state index in [9.17, 15) is 42.1 Å². The van der Waals surface area contributed by atoms with Gasteiger partial charge in [-0.25, -0.2) is 0 Å². The van der Waals surface area contributed by atoms with Crippen molar-refractivity contribution < 1.29 is 9.47 Å². The molecule has 0 spiro atoms. The fourth-order valence-corrected chi connectivity index (χ4v) is 3.02. The van der Waals surface area contributed by atoms with Crippen molar-refractivity contribution in [3.05, 3.63) is 56.6 Å². The molecule has 2 aromatic carbocycles. The third-order valence-corrected chi connectivity index (χ3v) is 4.49. The molecule has 0 aromatic heterocycles. The van der Waals surface area contributed by atoms with Crippen molar-refractivity contribution in [1.29, 1.82) is 52.6 Å². The van der Waals surface area contributed by atoms with E-state index in [1.54, 1.807) is 42.5 Å². The van der Waals surface area contributed by atoms with Crippen LogP contribution in [0.4, 0.5) is 0 Å². The second-order valence-electron chi connectivity index (χ2n) is 6.05. The lowest BCUT2D eigenvalue weighted by Crippen LogP contribution is -2.28. The Morgan fingerprint density at radius 3 is 1.51 bits per heavy atom. The molecule has 0 aliphatic carbocycles. The van der Waals surface area contributed by atoms with Gasteiger partial charge in [-0.1, -0.05) is 0 Å². The SMILES string of the molecule is N#COC(C#N)(C#N)c1c(C#N)c(C#N)c(C#N)c(Oc2ccc(C#N)c(C#N)c2C#N)c1C#N. The van der Waals surface area contributed by atoms with Crippen molar-refractivity contribution in [2.75, 3.05) is 0 Å². The second kappa shape index (κ2) is 9.83. The summed E-state index contributed by atoms with van der Waals surface area (Å²) in [6.07, 6.45) is 1.13. The zero-order valence-corrected chi connectivity index (χ0v) is 16.9. The number of nitrogens with zero attached hydrogens (tertiary/aromatic N) is 10. The van der Waals surface area contributed by atoms with Crippen LogP contribution in [0.5, 0.6) is 11.5 Å². The number of ether oxygens (including phenoxy) is 2. The van der Waals surface area contributed by atoms with Gasteiger partial charge in [-0.15, -0.1) is 0 Å². The van der Waals surface area contributed by atoms with E-state index in [1.807, 2.05) is 0 Å². The summed E-state index contributed by atoms with van der Waals surface area (Å²) in [5.41, 5.74) is -7.65. The molecule has 12 heteroatoms. The van der Waals surface area contributed by atoms with Crippen molar-refractivity contribution in [3.8, 4) is 72.4 Å². The Hall–Kier alpha value is -7.06. The minimum Gasteiger partial charge on any atom is -0.453 e. The molecule has 0 saturated heterocycles. The maximum absolute atomic E-state index is 9.86. The number of hydrogen-bond acceptors (Lipinski definition) is 12. The van der Waals surface area contributed by atoms with E-state index in [2.05, 4.69) is 4.74 Å². The Bertz CT molecular complexity index is 1700. The van der Waals surface area contributed by atoms with Gasteiger partial charge in [0.1, 0.15) is 77.1 Å². The zero-order chi connectivity index (χ0) is 26.2. The van der Waals surface area contributed by atoms with E-state index in [0.717, 1.165) is 18.4 Å². The van der Waals surface area contributed by atoms with Gasteiger partial charge in [-0.3, -0.25) is 0 Å². The average molecular weight is 450 g/mol. The molecule has 156 valence electrons. The summed E-state index contributed by atoms with van der Waals surface area (Å²) in [6, 6.07) is 16.3. The molecule has 0 amide bonds. The highest BCUT2D eigenvalue weighted by Gasteiger charge is 2.44. The first kappa shape index (κ1) is 24.2. The maximum atomic E-state index is 9.86. The van der Waals surface area contributed by atoms with Crippen molar-refractivity contribution in [2.45, 2.75) is 5.60 Å². The summed E-state index contributed by atoms with van der Waals surface area (Å²) in [5, 5.41) is 95.1.